The average molecular weight is 731 g/mol. The molecule has 10 heteroatoms. The first-order chi connectivity index (χ1) is 26.4. The molecule has 6 heterocycles. The van der Waals surface area contributed by atoms with E-state index in [1.807, 2.05) is 49.3 Å². The normalized spacial score (nSPS) is 19.6. The molecule has 0 amide bonds. The second kappa shape index (κ2) is 14.8. The summed E-state index contributed by atoms with van der Waals surface area (Å²) in [6.45, 7) is 3.52. The van der Waals surface area contributed by atoms with Crippen molar-refractivity contribution in [3.05, 3.63) is 132 Å². The zero-order chi connectivity index (χ0) is 36.8. The Morgan fingerprint density at radius 3 is 1.22 bits per heavy atom. The topological polar surface area (TPSA) is 81.5 Å². The Morgan fingerprint density at radius 2 is 0.870 bits per heavy atom. The molecule has 4 aromatic heterocycles. The third-order valence-electron chi connectivity index (χ3n) is 12.3. The average Bonchev–Trinajstić information content (AvgIpc) is 4.14. The summed E-state index contributed by atoms with van der Waals surface area (Å²) in [5.41, 5.74) is 8.83. The molecule has 4 aliphatic rings. The molecule has 2 aromatic carbocycles. The van der Waals surface area contributed by atoms with Gasteiger partial charge in [-0.15, -0.1) is 0 Å². The fourth-order valence-electron chi connectivity index (χ4n) is 8.86. The van der Waals surface area contributed by atoms with Crippen molar-refractivity contribution < 1.29 is 19.0 Å². The van der Waals surface area contributed by atoms with Gasteiger partial charge < -0.3 is 28.8 Å². The predicted molar refractivity (Wildman–Crippen MR) is 207 cm³/mol. The largest absolute Gasteiger partial charge is 0.387 e. The maximum atomic E-state index is 13.2. The number of nitrogens with zero attached hydrogens (tertiary/aromatic N) is 6. The van der Waals surface area contributed by atoms with Gasteiger partial charge in [-0.2, -0.15) is 0 Å². The first-order valence-corrected chi connectivity index (χ1v) is 19.7. The zero-order valence-electron chi connectivity index (χ0n) is 30.5. The summed E-state index contributed by atoms with van der Waals surface area (Å²) >= 11 is 0. The van der Waals surface area contributed by atoms with Crippen LogP contribution in [0.15, 0.2) is 97.8 Å². The number of aliphatic hydroxyl groups excluding tert-OH is 2. The van der Waals surface area contributed by atoms with Crippen LogP contribution in [0.1, 0.15) is 97.9 Å². The molecule has 54 heavy (non-hydrogen) atoms. The summed E-state index contributed by atoms with van der Waals surface area (Å²) in [5, 5.41) is 22.6. The maximum Gasteiger partial charge on any atom is 0.123 e. The summed E-state index contributed by atoms with van der Waals surface area (Å²) in [5.74, 6) is 1.22. The second-order valence-electron chi connectivity index (χ2n) is 15.8. The lowest BCUT2D eigenvalue weighted by Gasteiger charge is -2.36. The molecule has 6 aromatic rings. The number of benzene rings is 2. The molecular weight excluding hydrogens is 683 g/mol. The molecule has 2 aliphatic heterocycles. The SMILES string of the molecule is O[C@@H](c1c(C2CC2)ccc2cncn12)C1CCN(c2ccc(F)cc2)CC1.O[C@H](c1c(C2CC2)ccc2cncn12)C1CCN(c2ccc(F)cc2)CC1. The number of fused-ring (bicyclic) bond motifs is 2. The van der Waals surface area contributed by atoms with Gasteiger partial charge in [-0.25, -0.2) is 18.7 Å². The van der Waals surface area contributed by atoms with Gasteiger partial charge in [0.05, 0.1) is 59.7 Å². The summed E-state index contributed by atoms with van der Waals surface area (Å²) in [6, 6.07) is 22.0. The second-order valence-corrected chi connectivity index (χ2v) is 15.8. The molecule has 10 rings (SSSR count). The van der Waals surface area contributed by atoms with E-state index in [0.29, 0.717) is 11.8 Å². The van der Waals surface area contributed by atoms with Crippen LogP contribution in [0.4, 0.5) is 20.2 Å². The van der Waals surface area contributed by atoms with Crippen molar-refractivity contribution in [2.24, 2.45) is 11.8 Å². The van der Waals surface area contributed by atoms with Crippen molar-refractivity contribution in [3.63, 3.8) is 0 Å². The van der Waals surface area contributed by atoms with E-state index in [0.717, 1.165) is 85.7 Å². The highest BCUT2D eigenvalue weighted by Gasteiger charge is 2.35. The van der Waals surface area contributed by atoms with Gasteiger partial charge in [0.2, 0.25) is 0 Å². The van der Waals surface area contributed by atoms with Gasteiger partial charge in [0, 0.05) is 37.6 Å². The van der Waals surface area contributed by atoms with E-state index in [1.165, 1.54) is 61.1 Å². The Kier molecular flexibility index (Phi) is 9.57. The van der Waals surface area contributed by atoms with E-state index in [2.05, 4.69) is 52.8 Å². The van der Waals surface area contributed by atoms with Crippen molar-refractivity contribution in [2.75, 3.05) is 36.0 Å². The van der Waals surface area contributed by atoms with E-state index < -0.39 is 12.2 Å². The first-order valence-electron chi connectivity index (χ1n) is 19.7. The highest BCUT2D eigenvalue weighted by Crippen LogP contribution is 2.46. The van der Waals surface area contributed by atoms with E-state index in [4.69, 9.17) is 0 Å². The molecule has 2 saturated heterocycles. The van der Waals surface area contributed by atoms with E-state index in [9.17, 15) is 19.0 Å². The number of pyridine rings is 2. The molecule has 0 radical (unpaired) electrons. The number of hydrogen-bond donors (Lipinski definition) is 2. The molecule has 2 saturated carbocycles. The molecule has 280 valence electrons. The molecule has 4 fully saturated rings. The van der Waals surface area contributed by atoms with E-state index in [-0.39, 0.29) is 23.5 Å². The molecule has 8 nitrogen and oxygen atoms in total. The van der Waals surface area contributed by atoms with Crippen LogP contribution in [0, 0.1) is 23.5 Å². The molecule has 0 unspecified atom stereocenters. The zero-order valence-corrected chi connectivity index (χ0v) is 30.5. The molecule has 0 bridgehead atoms. The Balaban J connectivity index is 0.000000142. The minimum absolute atomic E-state index is 0.204. The van der Waals surface area contributed by atoms with Crippen LogP contribution in [0.5, 0.6) is 0 Å². The lowest BCUT2D eigenvalue weighted by Crippen LogP contribution is -2.36. The Bertz CT molecular complexity index is 2040. The van der Waals surface area contributed by atoms with Crippen LogP contribution in [0.3, 0.4) is 0 Å². The van der Waals surface area contributed by atoms with Crippen molar-refractivity contribution in [1.29, 1.82) is 0 Å². The standard InChI is InChI=1S/2C22H24FN3O/c2*23-17-3-5-18(6-4-17)25-11-9-16(10-12-25)22(27)21-20(15-1-2-15)8-7-19-13-24-14-26(19)21/h2*3-8,13-16,22,27H,1-2,9-12H2/t2*22-/m10/s1. The van der Waals surface area contributed by atoms with Crippen LogP contribution in [0.25, 0.3) is 11.0 Å². The Hall–Kier alpha value is -4.80. The minimum atomic E-state index is -0.478. The first kappa shape index (κ1) is 34.9. The monoisotopic (exact) mass is 730 g/mol. The molecular formula is C44H48F2N6O2. The third kappa shape index (κ3) is 7.09. The number of aromatic nitrogens is 4. The van der Waals surface area contributed by atoms with Gasteiger partial charge in [-0.1, -0.05) is 12.1 Å². The number of anilines is 2. The summed E-state index contributed by atoms with van der Waals surface area (Å²) in [7, 11) is 0. The number of piperidine rings is 2. The van der Waals surface area contributed by atoms with Crippen LogP contribution in [0.2, 0.25) is 0 Å². The quantitative estimate of drug-likeness (QED) is 0.163. The smallest absolute Gasteiger partial charge is 0.123 e. The number of hydrogen-bond acceptors (Lipinski definition) is 6. The molecule has 2 atom stereocenters. The van der Waals surface area contributed by atoms with Crippen LogP contribution < -0.4 is 9.80 Å². The lowest BCUT2D eigenvalue weighted by molar-refractivity contribution is 0.0870. The fourth-order valence-corrected chi connectivity index (χ4v) is 8.86. The number of aliphatic hydroxyl groups is 2. The van der Waals surface area contributed by atoms with Crippen molar-refractivity contribution in [3.8, 4) is 0 Å². The van der Waals surface area contributed by atoms with Crippen molar-refractivity contribution in [2.45, 2.75) is 75.4 Å². The van der Waals surface area contributed by atoms with Crippen molar-refractivity contribution >= 4 is 22.4 Å². The van der Waals surface area contributed by atoms with Gasteiger partial charge in [0.1, 0.15) is 11.6 Å². The summed E-state index contributed by atoms with van der Waals surface area (Å²) < 4.78 is 30.5. The predicted octanol–water partition coefficient (Wildman–Crippen LogP) is 8.60. The number of halogens is 2. The molecule has 2 aliphatic carbocycles. The Labute approximate surface area is 314 Å². The third-order valence-corrected chi connectivity index (χ3v) is 12.3. The van der Waals surface area contributed by atoms with Crippen LogP contribution in [-0.4, -0.2) is 55.2 Å². The van der Waals surface area contributed by atoms with Gasteiger partial charge in [-0.3, -0.25) is 0 Å². The number of imidazole rings is 2. The Morgan fingerprint density at radius 1 is 0.500 bits per heavy atom. The van der Waals surface area contributed by atoms with Gasteiger partial charge >= 0.3 is 0 Å². The van der Waals surface area contributed by atoms with Crippen LogP contribution in [-0.2, 0) is 0 Å². The maximum absolute atomic E-state index is 13.2. The van der Waals surface area contributed by atoms with E-state index >= 15 is 0 Å². The van der Waals surface area contributed by atoms with Gasteiger partial charge in [-0.05, 0) is 147 Å². The molecule has 2 N–H and O–H groups in total. The highest BCUT2D eigenvalue weighted by atomic mass is 19.1. The van der Waals surface area contributed by atoms with Crippen LogP contribution >= 0.6 is 0 Å². The number of rotatable bonds is 8. The van der Waals surface area contributed by atoms with E-state index in [1.54, 1.807) is 0 Å². The highest BCUT2D eigenvalue weighted by molar-refractivity contribution is 5.52. The fraction of sp³-hybridized carbons (Fsp3) is 0.409. The van der Waals surface area contributed by atoms with Gasteiger partial charge in [0.25, 0.3) is 0 Å². The van der Waals surface area contributed by atoms with Crippen molar-refractivity contribution in [1.82, 2.24) is 18.8 Å². The molecule has 0 spiro atoms. The lowest BCUT2D eigenvalue weighted by atomic mass is 9.87. The summed E-state index contributed by atoms with van der Waals surface area (Å²) in [6.07, 6.45) is 14.9. The minimum Gasteiger partial charge on any atom is -0.387 e. The summed E-state index contributed by atoms with van der Waals surface area (Å²) in [4.78, 5) is 13.1. The van der Waals surface area contributed by atoms with Gasteiger partial charge in [0.15, 0.2) is 0 Å².